The van der Waals surface area contributed by atoms with E-state index in [0.717, 1.165) is 23.0 Å². The molecule has 0 saturated carbocycles. The fourth-order valence-corrected chi connectivity index (χ4v) is 2.11. The lowest BCUT2D eigenvalue weighted by Crippen LogP contribution is -2.19. The van der Waals surface area contributed by atoms with Gasteiger partial charge in [-0.05, 0) is 44.3 Å². The first-order valence-corrected chi connectivity index (χ1v) is 5.96. The number of hydrogen-bond acceptors (Lipinski definition) is 4. The van der Waals surface area contributed by atoms with Crippen LogP contribution in [0.3, 0.4) is 0 Å². The van der Waals surface area contributed by atoms with Crippen molar-refractivity contribution in [2.24, 2.45) is 0 Å². The van der Waals surface area contributed by atoms with Crippen molar-refractivity contribution >= 4 is 5.97 Å². The molecule has 5 nitrogen and oxygen atoms in total. The van der Waals surface area contributed by atoms with Crippen molar-refractivity contribution in [3.05, 3.63) is 35.4 Å². The standard InChI is InChI=1S/C14H17NO4/c1-9-6-12-13(19-8-18-12)7-10(9)11(15(2)3)4-5-14(16)17/h4-7,11H,8H2,1-3H3,(H,16,17)/b5-4+. The molecule has 1 aromatic carbocycles. The lowest BCUT2D eigenvalue weighted by atomic mass is 9.99. The Kier molecular flexibility index (Phi) is 3.76. The lowest BCUT2D eigenvalue weighted by molar-refractivity contribution is -0.131. The minimum Gasteiger partial charge on any atom is -0.478 e. The van der Waals surface area contributed by atoms with Crippen LogP contribution in [0.2, 0.25) is 0 Å². The maximum atomic E-state index is 10.7. The molecule has 2 rings (SSSR count). The molecule has 0 radical (unpaired) electrons. The highest BCUT2D eigenvalue weighted by Gasteiger charge is 2.20. The smallest absolute Gasteiger partial charge is 0.328 e. The Morgan fingerprint density at radius 2 is 2.00 bits per heavy atom. The van der Waals surface area contributed by atoms with Gasteiger partial charge >= 0.3 is 5.97 Å². The summed E-state index contributed by atoms with van der Waals surface area (Å²) in [5.74, 6) is 0.488. The lowest BCUT2D eigenvalue weighted by Gasteiger charge is -2.23. The van der Waals surface area contributed by atoms with Crippen LogP contribution in [0.4, 0.5) is 0 Å². The monoisotopic (exact) mass is 263 g/mol. The first kappa shape index (κ1) is 13.4. The molecule has 0 saturated heterocycles. The van der Waals surface area contributed by atoms with Crippen LogP contribution in [0.5, 0.6) is 11.5 Å². The average molecular weight is 263 g/mol. The number of aliphatic carboxylic acids is 1. The molecule has 0 bridgehead atoms. The molecule has 1 aliphatic rings. The van der Waals surface area contributed by atoms with Gasteiger partial charge in [0, 0.05) is 6.08 Å². The SMILES string of the molecule is Cc1cc2c(cc1C(/C=C/C(=O)O)N(C)C)OCO2. The van der Waals surface area contributed by atoms with Crippen LogP contribution in [-0.2, 0) is 4.79 Å². The maximum absolute atomic E-state index is 10.7. The Morgan fingerprint density at radius 1 is 1.37 bits per heavy atom. The van der Waals surface area contributed by atoms with Gasteiger partial charge in [0.25, 0.3) is 0 Å². The van der Waals surface area contributed by atoms with Crippen LogP contribution in [0.15, 0.2) is 24.3 Å². The van der Waals surface area contributed by atoms with Gasteiger partial charge in [-0.2, -0.15) is 0 Å². The summed E-state index contributed by atoms with van der Waals surface area (Å²) in [6.45, 7) is 2.21. The number of fused-ring (bicyclic) bond motifs is 1. The Morgan fingerprint density at radius 3 is 2.58 bits per heavy atom. The summed E-state index contributed by atoms with van der Waals surface area (Å²) in [7, 11) is 3.81. The molecule has 0 fully saturated rings. The van der Waals surface area contributed by atoms with Gasteiger partial charge in [0.1, 0.15) is 0 Å². The summed E-state index contributed by atoms with van der Waals surface area (Å²) in [6.07, 6.45) is 2.82. The number of likely N-dealkylation sites (N-methyl/N-ethyl adjacent to an activating group) is 1. The van der Waals surface area contributed by atoms with Crippen LogP contribution >= 0.6 is 0 Å². The molecule has 0 spiro atoms. The van der Waals surface area contributed by atoms with E-state index in [-0.39, 0.29) is 12.8 Å². The second-order valence-corrected chi connectivity index (χ2v) is 4.67. The van der Waals surface area contributed by atoms with Crippen LogP contribution in [-0.4, -0.2) is 36.9 Å². The van der Waals surface area contributed by atoms with Gasteiger partial charge in [0.15, 0.2) is 11.5 Å². The highest BCUT2D eigenvalue weighted by atomic mass is 16.7. The predicted molar refractivity (Wildman–Crippen MR) is 70.5 cm³/mol. The molecule has 0 aliphatic carbocycles. The second kappa shape index (κ2) is 5.32. The summed E-state index contributed by atoms with van der Waals surface area (Å²) in [5.41, 5.74) is 2.05. The van der Waals surface area contributed by atoms with E-state index in [2.05, 4.69) is 0 Å². The molecular weight excluding hydrogens is 246 g/mol. The number of benzene rings is 1. The van der Waals surface area contributed by atoms with Gasteiger partial charge in [-0.1, -0.05) is 6.08 Å². The summed E-state index contributed by atoms with van der Waals surface area (Å²) < 4.78 is 10.7. The molecule has 1 heterocycles. The number of carboxylic acids is 1. The summed E-state index contributed by atoms with van der Waals surface area (Å²) >= 11 is 0. The molecule has 1 aromatic rings. The fraction of sp³-hybridized carbons (Fsp3) is 0.357. The van der Waals surface area contributed by atoms with Gasteiger partial charge in [0.2, 0.25) is 6.79 Å². The second-order valence-electron chi connectivity index (χ2n) is 4.67. The number of rotatable bonds is 4. The van der Waals surface area contributed by atoms with E-state index >= 15 is 0 Å². The van der Waals surface area contributed by atoms with Gasteiger partial charge in [-0.25, -0.2) is 4.79 Å². The van der Waals surface area contributed by atoms with Gasteiger partial charge < -0.3 is 14.6 Å². The van der Waals surface area contributed by atoms with E-state index in [1.54, 1.807) is 6.08 Å². The molecule has 1 atom stereocenters. The van der Waals surface area contributed by atoms with Crippen molar-refractivity contribution in [3.63, 3.8) is 0 Å². The normalized spacial score (nSPS) is 15.2. The fourth-order valence-electron chi connectivity index (χ4n) is 2.11. The summed E-state index contributed by atoms with van der Waals surface area (Å²) in [5, 5.41) is 8.77. The largest absolute Gasteiger partial charge is 0.478 e. The van der Waals surface area contributed by atoms with E-state index < -0.39 is 5.97 Å². The number of aryl methyl sites for hydroxylation is 1. The van der Waals surface area contributed by atoms with E-state index in [0.29, 0.717) is 5.75 Å². The number of nitrogens with zero attached hydrogens (tertiary/aromatic N) is 1. The summed E-state index contributed by atoms with van der Waals surface area (Å²) in [6, 6.07) is 3.71. The molecule has 1 unspecified atom stereocenters. The Labute approximate surface area is 112 Å². The third kappa shape index (κ3) is 2.88. The molecule has 5 heteroatoms. The van der Waals surface area contributed by atoms with Crippen molar-refractivity contribution < 1.29 is 19.4 Å². The van der Waals surface area contributed by atoms with Crippen LogP contribution < -0.4 is 9.47 Å². The van der Waals surface area contributed by atoms with Crippen molar-refractivity contribution in [2.75, 3.05) is 20.9 Å². The van der Waals surface area contributed by atoms with E-state index in [4.69, 9.17) is 14.6 Å². The third-order valence-corrected chi connectivity index (χ3v) is 3.06. The molecule has 102 valence electrons. The van der Waals surface area contributed by atoms with E-state index in [1.807, 2.05) is 38.1 Å². The predicted octanol–water partition coefficient (Wildman–Crippen LogP) is 1.97. The molecular formula is C14H17NO4. The summed E-state index contributed by atoms with van der Waals surface area (Å²) in [4.78, 5) is 12.6. The van der Waals surface area contributed by atoms with Crippen LogP contribution in [0, 0.1) is 6.92 Å². The first-order valence-electron chi connectivity index (χ1n) is 5.96. The van der Waals surface area contributed by atoms with Crippen molar-refractivity contribution in [1.29, 1.82) is 0 Å². The number of ether oxygens (including phenoxy) is 2. The molecule has 1 aliphatic heterocycles. The number of hydrogen-bond donors (Lipinski definition) is 1. The zero-order valence-electron chi connectivity index (χ0n) is 11.2. The average Bonchev–Trinajstić information content (AvgIpc) is 2.75. The number of carbonyl (C=O) groups is 1. The Balaban J connectivity index is 2.39. The molecule has 0 aromatic heterocycles. The zero-order valence-corrected chi connectivity index (χ0v) is 11.2. The van der Waals surface area contributed by atoms with Crippen LogP contribution in [0.1, 0.15) is 17.2 Å². The van der Waals surface area contributed by atoms with E-state index in [1.165, 1.54) is 0 Å². The molecule has 0 amide bonds. The van der Waals surface area contributed by atoms with Gasteiger partial charge in [0.05, 0.1) is 6.04 Å². The minimum atomic E-state index is -0.953. The zero-order chi connectivity index (χ0) is 14.0. The quantitative estimate of drug-likeness (QED) is 0.842. The van der Waals surface area contributed by atoms with E-state index in [9.17, 15) is 4.79 Å². The van der Waals surface area contributed by atoms with Gasteiger partial charge in [-0.15, -0.1) is 0 Å². The van der Waals surface area contributed by atoms with Crippen molar-refractivity contribution in [3.8, 4) is 11.5 Å². The van der Waals surface area contributed by atoms with Gasteiger partial charge in [-0.3, -0.25) is 4.90 Å². The highest BCUT2D eigenvalue weighted by molar-refractivity contribution is 5.79. The minimum absolute atomic E-state index is 0.120. The highest BCUT2D eigenvalue weighted by Crippen LogP contribution is 2.37. The Hall–Kier alpha value is -2.01. The maximum Gasteiger partial charge on any atom is 0.328 e. The van der Waals surface area contributed by atoms with Crippen molar-refractivity contribution in [2.45, 2.75) is 13.0 Å². The van der Waals surface area contributed by atoms with Crippen LogP contribution in [0.25, 0.3) is 0 Å². The molecule has 19 heavy (non-hydrogen) atoms. The topological polar surface area (TPSA) is 59.0 Å². The Bertz CT molecular complexity index is 522. The van der Waals surface area contributed by atoms with Crippen molar-refractivity contribution in [1.82, 2.24) is 4.90 Å². The first-order chi connectivity index (χ1) is 8.99. The number of carboxylic acid groups (broad SMARTS) is 1. The molecule has 1 N–H and O–H groups in total. The third-order valence-electron chi connectivity index (χ3n) is 3.06.